The van der Waals surface area contributed by atoms with Crippen molar-refractivity contribution in [1.29, 1.82) is 0 Å². The molecule has 0 unspecified atom stereocenters. The molecule has 2 N–H and O–H groups in total. The molecule has 0 atom stereocenters. The lowest BCUT2D eigenvalue weighted by Crippen LogP contribution is -2.42. The number of carboxylic acids is 1. The minimum Gasteiger partial charge on any atom is -0.491 e. The quantitative estimate of drug-likeness (QED) is 0.465. The molecule has 2 heterocycles. The van der Waals surface area contributed by atoms with Crippen LogP contribution in [0.3, 0.4) is 0 Å². The van der Waals surface area contributed by atoms with E-state index in [0.717, 1.165) is 21.8 Å². The van der Waals surface area contributed by atoms with Crippen molar-refractivity contribution in [2.45, 2.75) is 13.0 Å². The van der Waals surface area contributed by atoms with Gasteiger partial charge in [0.05, 0.1) is 29.3 Å². The third-order valence-electron chi connectivity index (χ3n) is 4.94. The number of rotatable bonds is 8. The normalized spacial score (nSPS) is 13.1. The second kappa shape index (κ2) is 9.62. The lowest BCUT2D eigenvalue weighted by Gasteiger charge is -2.26. The molecular formula is C23H18ClNO7S. The van der Waals surface area contributed by atoms with Gasteiger partial charge < -0.3 is 19.7 Å². The lowest BCUT2D eigenvalue weighted by atomic mass is 10.0. The van der Waals surface area contributed by atoms with E-state index in [1.165, 1.54) is 17.5 Å². The Bertz CT molecular complexity index is 1240. The van der Waals surface area contributed by atoms with Gasteiger partial charge in [0.1, 0.15) is 29.6 Å². The molecule has 0 bridgehead atoms. The molecule has 0 spiro atoms. The first-order valence-corrected chi connectivity index (χ1v) is 11.1. The molecule has 3 aromatic rings. The molecule has 0 aliphatic carbocycles. The highest BCUT2D eigenvalue weighted by atomic mass is 35.5. The van der Waals surface area contributed by atoms with E-state index < -0.39 is 17.8 Å². The highest BCUT2D eigenvalue weighted by Crippen LogP contribution is 2.37. The summed E-state index contributed by atoms with van der Waals surface area (Å²) in [7, 11) is 0. The highest BCUT2D eigenvalue weighted by Gasteiger charge is 2.37. The molecule has 1 aliphatic heterocycles. The Morgan fingerprint density at radius 1 is 1.15 bits per heavy atom. The Balaban J connectivity index is 1.61. The van der Waals surface area contributed by atoms with Crippen LogP contribution in [0.5, 0.6) is 11.5 Å². The third-order valence-corrected chi connectivity index (χ3v) is 6.28. The van der Waals surface area contributed by atoms with Crippen molar-refractivity contribution in [2.75, 3.05) is 18.1 Å². The summed E-state index contributed by atoms with van der Waals surface area (Å²) in [6.45, 7) is 0.148. The van der Waals surface area contributed by atoms with Gasteiger partial charge in [-0.2, -0.15) is 0 Å². The van der Waals surface area contributed by atoms with E-state index >= 15 is 0 Å². The van der Waals surface area contributed by atoms with Gasteiger partial charge in [-0.15, -0.1) is 11.3 Å². The summed E-state index contributed by atoms with van der Waals surface area (Å²) >= 11 is 7.22. The van der Waals surface area contributed by atoms with Crippen LogP contribution < -0.4 is 14.4 Å². The van der Waals surface area contributed by atoms with E-state index in [2.05, 4.69) is 0 Å². The summed E-state index contributed by atoms with van der Waals surface area (Å²) in [5.41, 5.74) is 1.25. The average molecular weight is 488 g/mol. The summed E-state index contributed by atoms with van der Waals surface area (Å²) in [6.07, 6.45) is -0.109. The van der Waals surface area contributed by atoms with Gasteiger partial charge in [-0.3, -0.25) is 9.59 Å². The van der Waals surface area contributed by atoms with Crippen molar-refractivity contribution < 1.29 is 34.1 Å². The number of carbonyl (C=O) groups is 3. The number of halogens is 1. The molecule has 2 aromatic carbocycles. The number of hydrogen-bond acceptors (Lipinski definition) is 7. The van der Waals surface area contributed by atoms with Gasteiger partial charge in [-0.05, 0) is 29.1 Å². The van der Waals surface area contributed by atoms with Crippen molar-refractivity contribution in [2.24, 2.45) is 0 Å². The van der Waals surface area contributed by atoms with Crippen LogP contribution in [0.15, 0.2) is 47.8 Å². The molecule has 8 nitrogen and oxygen atoms in total. The Kier molecular flexibility index (Phi) is 6.64. The number of carboxylic acid groups (broad SMARTS) is 1. The zero-order valence-corrected chi connectivity index (χ0v) is 18.7. The number of carbonyl (C=O) groups excluding carboxylic acids is 2. The van der Waals surface area contributed by atoms with Gasteiger partial charge >= 0.3 is 5.97 Å². The van der Waals surface area contributed by atoms with Crippen LogP contribution in [-0.4, -0.2) is 41.2 Å². The summed E-state index contributed by atoms with van der Waals surface area (Å²) in [5, 5.41) is 20.1. The smallest absolute Gasteiger partial charge is 0.346 e. The first kappa shape index (κ1) is 22.8. The van der Waals surface area contributed by atoms with E-state index in [9.17, 15) is 19.5 Å². The standard InChI is InChI=1S/C23H18ClNO7S/c24-16-6-5-15(32-11-13-3-1-2-4-18(13)31-8-7-26)10-17(16)25-19(27)9-14-12-33-21(23(29)30)20(14)22(25)28/h1-6,10,12,26H,7-9,11H2,(H,29,30). The molecule has 1 aromatic heterocycles. The van der Waals surface area contributed by atoms with Crippen molar-refractivity contribution in [3.63, 3.8) is 0 Å². The maximum Gasteiger partial charge on any atom is 0.346 e. The molecule has 0 radical (unpaired) electrons. The molecule has 170 valence electrons. The number of nitrogens with zero attached hydrogens (tertiary/aromatic N) is 1. The molecule has 0 fully saturated rings. The summed E-state index contributed by atoms with van der Waals surface area (Å²) < 4.78 is 11.3. The lowest BCUT2D eigenvalue weighted by molar-refractivity contribution is -0.117. The molecule has 4 rings (SSSR count). The number of benzene rings is 2. The minimum atomic E-state index is -1.23. The van der Waals surface area contributed by atoms with Crippen molar-refractivity contribution in [1.82, 2.24) is 0 Å². The molecular weight excluding hydrogens is 470 g/mol. The topological polar surface area (TPSA) is 113 Å². The second-order valence-corrected chi connectivity index (χ2v) is 8.35. The Morgan fingerprint density at radius 2 is 1.94 bits per heavy atom. The van der Waals surface area contributed by atoms with Crippen LogP contribution in [-0.2, 0) is 17.8 Å². The Labute approximate surface area is 197 Å². The third kappa shape index (κ3) is 4.56. The molecule has 0 saturated heterocycles. The average Bonchev–Trinajstić information content (AvgIpc) is 3.23. The fraction of sp³-hybridized carbons (Fsp3) is 0.174. The number of imide groups is 1. The number of hydrogen-bond donors (Lipinski definition) is 2. The number of anilines is 1. The number of aromatic carboxylic acids is 1. The number of amides is 2. The predicted molar refractivity (Wildman–Crippen MR) is 122 cm³/mol. The van der Waals surface area contributed by atoms with Crippen molar-refractivity contribution in [3.05, 3.63) is 74.4 Å². The van der Waals surface area contributed by atoms with E-state index in [-0.39, 0.29) is 47.4 Å². The maximum absolute atomic E-state index is 13.1. The number of para-hydroxylation sites is 1. The molecule has 0 saturated carbocycles. The van der Waals surface area contributed by atoms with Crippen LogP contribution in [0, 0.1) is 0 Å². The monoisotopic (exact) mass is 487 g/mol. The van der Waals surface area contributed by atoms with Gasteiger partial charge in [-0.25, -0.2) is 9.69 Å². The number of aliphatic hydroxyl groups is 1. The van der Waals surface area contributed by atoms with Crippen LogP contribution in [0.25, 0.3) is 0 Å². The molecule has 2 amide bonds. The predicted octanol–water partition coefficient (Wildman–Crippen LogP) is 3.78. The number of ether oxygens (including phenoxy) is 2. The summed E-state index contributed by atoms with van der Waals surface area (Å²) in [6, 6.07) is 11.8. The van der Waals surface area contributed by atoms with Gasteiger partial charge in [0.2, 0.25) is 5.91 Å². The molecule has 33 heavy (non-hydrogen) atoms. The number of thiophene rings is 1. The Hall–Kier alpha value is -3.40. The highest BCUT2D eigenvalue weighted by molar-refractivity contribution is 7.12. The molecule has 1 aliphatic rings. The fourth-order valence-corrected chi connectivity index (χ4v) is 4.56. The number of fused-ring (bicyclic) bond motifs is 1. The summed E-state index contributed by atoms with van der Waals surface area (Å²) in [4.78, 5) is 38.2. The van der Waals surface area contributed by atoms with Gasteiger partial charge in [0.25, 0.3) is 5.91 Å². The maximum atomic E-state index is 13.1. The van der Waals surface area contributed by atoms with E-state index in [0.29, 0.717) is 17.1 Å². The largest absolute Gasteiger partial charge is 0.491 e. The van der Waals surface area contributed by atoms with Crippen LogP contribution in [0.1, 0.15) is 31.2 Å². The number of aliphatic hydroxyl groups excluding tert-OH is 1. The zero-order valence-electron chi connectivity index (χ0n) is 17.1. The van der Waals surface area contributed by atoms with Crippen molar-refractivity contribution in [3.8, 4) is 11.5 Å². The zero-order chi connectivity index (χ0) is 23.5. The first-order chi connectivity index (χ1) is 15.9. The molecule has 10 heteroatoms. The van der Waals surface area contributed by atoms with Crippen molar-refractivity contribution >= 4 is 46.4 Å². The van der Waals surface area contributed by atoms with E-state index in [1.54, 1.807) is 18.2 Å². The van der Waals surface area contributed by atoms with Gasteiger partial charge in [0.15, 0.2) is 0 Å². The van der Waals surface area contributed by atoms with Gasteiger partial charge in [0, 0.05) is 11.6 Å². The van der Waals surface area contributed by atoms with Crippen LogP contribution in [0.4, 0.5) is 5.69 Å². The van der Waals surface area contributed by atoms with E-state index in [4.69, 9.17) is 26.2 Å². The fourth-order valence-electron chi connectivity index (χ4n) is 3.46. The second-order valence-electron chi connectivity index (χ2n) is 7.06. The van der Waals surface area contributed by atoms with E-state index in [1.807, 2.05) is 12.1 Å². The minimum absolute atomic E-state index is 0.00412. The van der Waals surface area contributed by atoms with Crippen LogP contribution in [0.2, 0.25) is 5.02 Å². The summed E-state index contributed by atoms with van der Waals surface area (Å²) in [5.74, 6) is -1.56. The SMILES string of the molecule is O=C(O)c1scc2c1C(=O)N(c1cc(OCc3ccccc3OCCO)ccc1Cl)C(=O)C2. The Morgan fingerprint density at radius 3 is 2.70 bits per heavy atom. The van der Waals surface area contributed by atoms with Gasteiger partial charge in [-0.1, -0.05) is 29.8 Å². The van der Waals surface area contributed by atoms with Crippen LogP contribution >= 0.6 is 22.9 Å². The first-order valence-electron chi connectivity index (χ1n) is 9.85.